The van der Waals surface area contributed by atoms with E-state index in [4.69, 9.17) is 0 Å². The molecule has 2 N–H and O–H groups in total. The molecule has 1 amide bonds. The van der Waals surface area contributed by atoms with Crippen LogP contribution in [0.3, 0.4) is 0 Å². The van der Waals surface area contributed by atoms with Crippen LogP contribution in [0.25, 0.3) is 0 Å². The molecule has 0 radical (unpaired) electrons. The number of ketones is 1. The van der Waals surface area contributed by atoms with Gasteiger partial charge in [0.2, 0.25) is 5.91 Å². The minimum Gasteiger partial charge on any atom is -0.374 e. The first-order chi connectivity index (χ1) is 11.5. The van der Waals surface area contributed by atoms with Gasteiger partial charge in [-0.1, -0.05) is 49.4 Å². The Bertz CT molecular complexity index is 698. The summed E-state index contributed by atoms with van der Waals surface area (Å²) in [6.07, 6.45) is 0. The molecule has 0 aliphatic heterocycles. The van der Waals surface area contributed by atoms with Crippen LogP contribution in [0.4, 0.5) is 5.69 Å². The Hall–Kier alpha value is -2.62. The fourth-order valence-electron chi connectivity index (χ4n) is 2.45. The molecule has 0 bridgehead atoms. The Labute approximate surface area is 143 Å². The van der Waals surface area contributed by atoms with Crippen molar-refractivity contribution in [2.45, 2.75) is 32.7 Å². The van der Waals surface area contributed by atoms with E-state index in [2.05, 4.69) is 29.7 Å². The Morgan fingerprint density at radius 1 is 1.00 bits per heavy atom. The van der Waals surface area contributed by atoms with Crippen molar-refractivity contribution in [3.05, 3.63) is 65.7 Å². The van der Waals surface area contributed by atoms with Gasteiger partial charge >= 0.3 is 0 Å². The number of carbonyl (C=O) groups is 2. The molecule has 0 aliphatic carbocycles. The number of amides is 1. The van der Waals surface area contributed by atoms with Gasteiger partial charge in [-0.15, -0.1) is 0 Å². The minimum absolute atomic E-state index is 0.00689. The van der Waals surface area contributed by atoms with Gasteiger partial charge in [0, 0.05) is 17.8 Å². The van der Waals surface area contributed by atoms with Crippen molar-refractivity contribution in [2.24, 2.45) is 0 Å². The first-order valence-corrected chi connectivity index (χ1v) is 8.17. The average Bonchev–Trinajstić information content (AvgIpc) is 2.60. The summed E-state index contributed by atoms with van der Waals surface area (Å²) in [5, 5.41) is 6.11. The van der Waals surface area contributed by atoms with E-state index >= 15 is 0 Å². The summed E-state index contributed by atoms with van der Waals surface area (Å²) >= 11 is 0. The highest BCUT2D eigenvalue weighted by Crippen LogP contribution is 2.14. The van der Waals surface area contributed by atoms with Crippen molar-refractivity contribution >= 4 is 17.4 Å². The van der Waals surface area contributed by atoms with Gasteiger partial charge < -0.3 is 10.6 Å². The molecule has 0 aromatic heterocycles. The predicted molar refractivity (Wildman–Crippen MR) is 97.4 cm³/mol. The molecule has 4 heteroatoms. The lowest BCUT2D eigenvalue weighted by Gasteiger charge is -2.18. The second-order valence-corrected chi connectivity index (χ2v) is 6.06. The maximum Gasteiger partial charge on any atom is 0.242 e. The number of hydrogen-bond donors (Lipinski definition) is 2. The Morgan fingerprint density at radius 3 is 2.38 bits per heavy atom. The fraction of sp³-hybridized carbons (Fsp3) is 0.300. The lowest BCUT2D eigenvalue weighted by atomic mass is 10.0. The van der Waals surface area contributed by atoms with Crippen LogP contribution in [0, 0.1) is 0 Å². The smallest absolute Gasteiger partial charge is 0.242 e. The summed E-state index contributed by atoms with van der Waals surface area (Å²) in [4.78, 5) is 23.7. The van der Waals surface area contributed by atoms with Crippen LogP contribution in [0.1, 0.15) is 42.6 Å². The summed E-state index contributed by atoms with van der Waals surface area (Å²) in [6.45, 7) is 6.01. The number of anilines is 1. The van der Waals surface area contributed by atoms with Gasteiger partial charge in [0.05, 0.1) is 0 Å². The number of Topliss-reactive ketones (excluding diaryl/α,β-unsaturated/α-hetero) is 1. The Balaban J connectivity index is 1.88. The zero-order valence-corrected chi connectivity index (χ0v) is 14.4. The number of benzene rings is 2. The van der Waals surface area contributed by atoms with E-state index in [1.165, 1.54) is 12.5 Å². The third-order valence-corrected chi connectivity index (χ3v) is 4.00. The third kappa shape index (κ3) is 4.95. The summed E-state index contributed by atoms with van der Waals surface area (Å²) < 4.78 is 0. The first-order valence-electron chi connectivity index (χ1n) is 8.17. The van der Waals surface area contributed by atoms with E-state index in [1.54, 1.807) is 18.2 Å². The second kappa shape index (κ2) is 8.29. The average molecular weight is 324 g/mol. The predicted octanol–water partition coefficient (Wildman–Crippen LogP) is 3.61. The van der Waals surface area contributed by atoms with Crippen molar-refractivity contribution < 1.29 is 9.59 Å². The molecule has 2 aromatic carbocycles. The van der Waals surface area contributed by atoms with E-state index in [-0.39, 0.29) is 23.7 Å². The van der Waals surface area contributed by atoms with Crippen LogP contribution in [-0.2, 0) is 4.79 Å². The quantitative estimate of drug-likeness (QED) is 0.765. The number of nitrogens with one attached hydrogen (secondary N) is 2. The van der Waals surface area contributed by atoms with Crippen LogP contribution in [0.15, 0.2) is 54.6 Å². The lowest BCUT2D eigenvalue weighted by Crippen LogP contribution is -2.39. The molecule has 24 heavy (non-hydrogen) atoms. The zero-order valence-electron chi connectivity index (χ0n) is 14.4. The maximum atomic E-state index is 12.3. The highest BCUT2D eigenvalue weighted by Gasteiger charge is 2.14. The highest BCUT2D eigenvalue weighted by atomic mass is 16.2. The first kappa shape index (κ1) is 17.7. The normalized spacial score (nSPS) is 13.0. The summed E-state index contributed by atoms with van der Waals surface area (Å²) in [5.41, 5.74) is 2.60. The SMILES string of the molecule is CC(=O)c1cccc(N[C@H](C)C(=O)NC[C@H](C)c2ccccc2)c1. The van der Waals surface area contributed by atoms with E-state index in [9.17, 15) is 9.59 Å². The molecule has 126 valence electrons. The van der Waals surface area contributed by atoms with Gasteiger partial charge in [0.1, 0.15) is 6.04 Å². The number of rotatable bonds is 7. The van der Waals surface area contributed by atoms with E-state index < -0.39 is 0 Å². The molecule has 0 spiro atoms. The maximum absolute atomic E-state index is 12.3. The van der Waals surface area contributed by atoms with E-state index in [1.807, 2.05) is 31.2 Å². The van der Waals surface area contributed by atoms with E-state index in [0.717, 1.165) is 5.69 Å². The molecule has 0 saturated carbocycles. The summed E-state index contributed by atoms with van der Waals surface area (Å²) in [5.74, 6) is 0.196. The van der Waals surface area contributed by atoms with Crippen molar-refractivity contribution in [2.75, 3.05) is 11.9 Å². The summed E-state index contributed by atoms with van der Waals surface area (Å²) in [6, 6.07) is 16.9. The van der Waals surface area contributed by atoms with Gasteiger partial charge in [-0.2, -0.15) is 0 Å². The monoisotopic (exact) mass is 324 g/mol. The zero-order chi connectivity index (χ0) is 17.5. The molecule has 2 atom stereocenters. The molecule has 2 rings (SSSR count). The molecule has 2 aromatic rings. The standard InChI is InChI=1S/C20H24N2O2/c1-14(17-8-5-4-6-9-17)13-21-20(24)15(2)22-19-11-7-10-18(12-19)16(3)23/h4-12,14-15,22H,13H2,1-3H3,(H,21,24)/t14-,15+/m0/s1. The molecule has 0 heterocycles. The molecular formula is C20H24N2O2. The minimum atomic E-state index is -0.379. The molecule has 0 fully saturated rings. The van der Waals surface area contributed by atoms with Crippen molar-refractivity contribution in [1.29, 1.82) is 0 Å². The van der Waals surface area contributed by atoms with Crippen molar-refractivity contribution in [1.82, 2.24) is 5.32 Å². The van der Waals surface area contributed by atoms with E-state index in [0.29, 0.717) is 12.1 Å². The van der Waals surface area contributed by atoms with Crippen molar-refractivity contribution in [3.63, 3.8) is 0 Å². The highest BCUT2D eigenvalue weighted by molar-refractivity contribution is 5.95. The lowest BCUT2D eigenvalue weighted by molar-refractivity contribution is -0.121. The van der Waals surface area contributed by atoms with Crippen LogP contribution in [-0.4, -0.2) is 24.3 Å². The molecular weight excluding hydrogens is 300 g/mol. The van der Waals surface area contributed by atoms with Crippen LogP contribution in [0.2, 0.25) is 0 Å². The largest absolute Gasteiger partial charge is 0.374 e. The Morgan fingerprint density at radius 2 is 1.71 bits per heavy atom. The molecule has 0 saturated heterocycles. The number of hydrogen-bond acceptors (Lipinski definition) is 3. The molecule has 0 aliphatic rings. The summed E-state index contributed by atoms with van der Waals surface area (Å²) in [7, 11) is 0. The Kier molecular flexibility index (Phi) is 6.13. The third-order valence-electron chi connectivity index (χ3n) is 4.00. The van der Waals surface area contributed by atoms with Gasteiger partial charge in [-0.3, -0.25) is 9.59 Å². The van der Waals surface area contributed by atoms with Gasteiger partial charge in [0.15, 0.2) is 5.78 Å². The topological polar surface area (TPSA) is 58.2 Å². The van der Waals surface area contributed by atoms with Crippen LogP contribution < -0.4 is 10.6 Å². The molecule has 0 unspecified atom stereocenters. The van der Waals surface area contributed by atoms with Gasteiger partial charge in [-0.05, 0) is 37.5 Å². The van der Waals surface area contributed by atoms with Crippen LogP contribution in [0.5, 0.6) is 0 Å². The van der Waals surface area contributed by atoms with Gasteiger partial charge in [0.25, 0.3) is 0 Å². The number of carbonyl (C=O) groups excluding carboxylic acids is 2. The van der Waals surface area contributed by atoms with Gasteiger partial charge in [-0.25, -0.2) is 0 Å². The second-order valence-electron chi connectivity index (χ2n) is 6.06. The fourth-order valence-corrected chi connectivity index (χ4v) is 2.45. The van der Waals surface area contributed by atoms with Crippen LogP contribution >= 0.6 is 0 Å². The van der Waals surface area contributed by atoms with Crippen molar-refractivity contribution in [3.8, 4) is 0 Å². The molecule has 4 nitrogen and oxygen atoms in total.